The van der Waals surface area contributed by atoms with Crippen LogP contribution in [0, 0.1) is 0 Å². The molecule has 0 aliphatic carbocycles. The van der Waals surface area contributed by atoms with Crippen LogP contribution < -0.4 is 0 Å². The molecule has 0 aromatic heterocycles. The van der Waals surface area contributed by atoms with Crippen LogP contribution in [0.5, 0.6) is 0 Å². The van der Waals surface area contributed by atoms with Crippen molar-refractivity contribution in [3.63, 3.8) is 0 Å². The molecule has 0 fully saturated rings. The van der Waals surface area contributed by atoms with Crippen LogP contribution in [0.25, 0.3) is 0 Å². The third kappa shape index (κ3) is 44.9. The number of rotatable bonds is 12. The highest BCUT2D eigenvalue weighted by molar-refractivity contribution is 7.80. The number of unbranched alkanes of at least 4 members (excludes halogenated alkanes) is 6. The number of ether oxygens (including phenoxy) is 1. The van der Waals surface area contributed by atoms with Gasteiger partial charge in [-0.3, -0.25) is 4.55 Å². The van der Waals surface area contributed by atoms with Gasteiger partial charge in [0.25, 0.3) is 0 Å². The maximum atomic E-state index is 10.1. The molecule has 0 rings (SSSR count). The summed E-state index contributed by atoms with van der Waals surface area (Å²) >= 11 is 0. The lowest BCUT2D eigenvalue weighted by atomic mass is 10.1. The highest BCUT2D eigenvalue weighted by Gasteiger charge is 2.02. The van der Waals surface area contributed by atoms with E-state index in [1.807, 2.05) is 13.8 Å². The summed E-state index contributed by atoms with van der Waals surface area (Å²) in [5, 5.41) is 15.2. The average molecular weight is 361 g/mol. The van der Waals surface area contributed by atoms with Gasteiger partial charge in [-0.2, -0.15) is 8.42 Å². The third-order valence-corrected chi connectivity index (χ3v) is 2.95. The standard InChI is InChI=1S/C9H20O4S.C4H10O.C2H6O2/c1-2-3-4-5-6-7-8-9-13-14(10,11)12;1-3-5-4-2;3-1-2-4/h2-9H2,1H3,(H,10,11,12);3-4H2,1-2H3;3-4H,1-2H2. The van der Waals surface area contributed by atoms with Gasteiger partial charge < -0.3 is 14.9 Å². The van der Waals surface area contributed by atoms with Gasteiger partial charge in [0.2, 0.25) is 0 Å². The largest absolute Gasteiger partial charge is 0.397 e. The molecule has 0 aliphatic rings. The molecule has 0 unspecified atom stereocenters. The van der Waals surface area contributed by atoms with Crippen molar-refractivity contribution in [3.05, 3.63) is 0 Å². The Kier molecular flexibility index (Phi) is 28.8. The van der Waals surface area contributed by atoms with Crippen molar-refractivity contribution in [1.29, 1.82) is 0 Å². The lowest BCUT2D eigenvalue weighted by Gasteiger charge is -2.00. The van der Waals surface area contributed by atoms with Crippen LogP contribution in [0.4, 0.5) is 0 Å². The first kappa shape index (κ1) is 27.6. The molecule has 0 atom stereocenters. The van der Waals surface area contributed by atoms with Crippen LogP contribution in [0.15, 0.2) is 0 Å². The molecule has 0 aliphatic heterocycles. The van der Waals surface area contributed by atoms with E-state index in [1.54, 1.807) is 0 Å². The van der Waals surface area contributed by atoms with E-state index in [4.69, 9.17) is 19.5 Å². The van der Waals surface area contributed by atoms with Gasteiger partial charge in [-0.25, -0.2) is 4.18 Å². The van der Waals surface area contributed by atoms with Gasteiger partial charge in [0, 0.05) is 13.2 Å². The lowest BCUT2D eigenvalue weighted by molar-refractivity contribution is 0.162. The number of aliphatic hydroxyl groups is 2. The molecule has 0 saturated carbocycles. The summed E-state index contributed by atoms with van der Waals surface area (Å²) in [6, 6.07) is 0. The Bertz CT molecular complexity index is 278. The molecule has 0 radical (unpaired) electrons. The van der Waals surface area contributed by atoms with Gasteiger partial charge in [-0.1, -0.05) is 45.4 Å². The quantitative estimate of drug-likeness (QED) is 0.362. The summed E-state index contributed by atoms with van der Waals surface area (Å²) < 4.78 is 37.5. The zero-order valence-corrected chi connectivity index (χ0v) is 15.7. The summed E-state index contributed by atoms with van der Waals surface area (Å²) in [4.78, 5) is 0. The fourth-order valence-electron chi connectivity index (χ4n) is 1.43. The predicted molar refractivity (Wildman–Crippen MR) is 91.8 cm³/mol. The molecule has 0 amide bonds. The van der Waals surface area contributed by atoms with E-state index >= 15 is 0 Å². The normalized spacial score (nSPS) is 10.3. The Hall–Kier alpha value is -0.250. The average Bonchev–Trinajstić information content (AvgIpc) is 2.50. The van der Waals surface area contributed by atoms with Crippen molar-refractivity contribution in [1.82, 2.24) is 0 Å². The van der Waals surface area contributed by atoms with Crippen molar-refractivity contribution < 1.29 is 32.1 Å². The number of hydrogen-bond acceptors (Lipinski definition) is 6. The maximum Gasteiger partial charge on any atom is 0.397 e. The van der Waals surface area contributed by atoms with Gasteiger partial charge in [0.15, 0.2) is 0 Å². The van der Waals surface area contributed by atoms with E-state index in [1.165, 1.54) is 25.7 Å². The molecule has 3 N–H and O–H groups in total. The Labute approximate surface area is 142 Å². The minimum absolute atomic E-state index is 0.0899. The number of hydrogen-bond donors (Lipinski definition) is 3. The second-order valence-corrected chi connectivity index (χ2v) is 5.69. The molecule has 0 saturated heterocycles. The second kappa shape index (κ2) is 24.0. The third-order valence-electron chi connectivity index (χ3n) is 2.49. The summed E-state index contributed by atoms with van der Waals surface area (Å²) in [7, 11) is -4.23. The molecule has 8 heteroatoms. The van der Waals surface area contributed by atoms with Crippen molar-refractivity contribution in [2.75, 3.05) is 33.0 Å². The predicted octanol–water partition coefficient (Wildman–Crippen LogP) is 2.57. The highest BCUT2D eigenvalue weighted by Crippen LogP contribution is 2.07. The SMILES string of the molecule is CCCCCCCCCOS(=O)(=O)O.CCOCC.OCCO. The first-order valence-electron chi connectivity index (χ1n) is 8.30. The molecule has 0 spiro atoms. The molecular weight excluding hydrogens is 324 g/mol. The Balaban J connectivity index is -0.000000365. The van der Waals surface area contributed by atoms with Crippen LogP contribution in [0.3, 0.4) is 0 Å². The molecule has 0 bridgehead atoms. The van der Waals surface area contributed by atoms with E-state index < -0.39 is 10.4 Å². The summed E-state index contributed by atoms with van der Waals surface area (Å²) in [6.07, 6.45) is 7.68. The zero-order valence-electron chi connectivity index (χ0n) is 14.9. The van der Waals surface area contributed by atoms with Crippen molar-refractivity contribution in [3.8, 4) is 0 Å². The second-order valence-electron chi connectivity index (χ2n) is 4.60. The smallest absolute Gasteiger partial charge is 0.394 e. The van der Waals surface area contributed by atoms with E-state index in [-0.39, 0.29) is 19.8 Å². The Morgan fingerprint density at radius 3 is 1.52 bits per heavy atom. The summed E-state index contributed by atoms with van der Waals surface area (Å²) in [6.45, 7) is 7.67. The summed E-state index contributed by atoms with van der Waals surface area (Å²) in [5.74, 6) is 0. The first-order chi connectivity index (χ1) is 10.9. The molecule has 0 aromatic carbocycles. The van der Waals surface area contributed by atoms with Gasteiger partial charge in [-0.05, 0) is 20.3 Å². The van der Waals surface area contributed by atoms with Crippen molar-refractivity contribution in [2.24, 2.45) is 0 Å². The van der Waals surface area contributed by atoms with Crippen LogP contribution in [-0.4, -0.2) is 56.2 Å². The van der Waals surface area contributed by atoms with Crippen LogP contribution in [0.1, 0.15) is 65.7 Å². The lowest BCUT2D eigenvalue weighted by Crippen LogP contribution is -2.04. The molecule has 23 heavy (non-hydrogen) atoms. The van der Waals surface area contributed by atoms with Crippen molar-refractivity contribution >= 4 is 10.4 Å². The van der Waals surface area contributed by atoms with Gasteiger partial charge in [0.05, 0.1) is 19.8 Å². The molecule has 0 aromatic rings. The molecule has 7 nitrogen and oxygen atoms in total. The molecule has 144 valence electrons. The maximum absolute atomic E-state index is 10.1. The molecule has 0 heterocycles. The van der Waals surface area contributed by atoms with E-state index in [0.717, 1.165) is 26.1 Å². The van der Waals surface area contributed by atoms with Gasteiger partial charge in [0.1, 0.15) is 0 Å². The Morgan fingerprint density at radius 1 is 0.783 bits per heavy atom. The zero-order chi connectivity index (χ0) is 18.4. The Morgan fingerprint density at radius 2 is 1.22 bits per heavy atom. The van der Waals surface area contributed by atoms with E-state index in [2.05, 4.69) is 11.1 Å². The van der Waals surface area contributed by atoms with Gasteiger partial charge in [-0.15, -0.1) is 0 Å². The monoisotopic (exact) mass is 360 g/mol. The van der Waals surface area contributed by atoms with Crippen LogP contribution >= 0.6 is 0 Å². The highest BCUT2D eigenvalue weighted by atomic mass is 32.3. The van der Waals surface area contributed by atoms with Crippen LogP contribution in [-0.2, 0) is 19.3 Å². The molecular formula is C15H36O7S. The van der Waals surface area contributed by atoms with Crippen LogP contribution in [0.2, 0.25) is 0 Å². The topological polar surface area (TPSA) is 113 Å². The minimum atomic E-state index is -4.23. The fourth-order valence-corrected chi connectivity index (χ4v) is 1.76. The van der Waals surface area contributed by atoms with Crippen molar-refractivity contribution in [2.45, 2.75) is 65.7 Å². The minimum Gasteiger partial charge on any atom is -0.394 e. The van der Waals surface area contributed by atoms with E-state index in [0.29, 0.717) is 6.42 Å². The van der Waals surface area contributed by atoms with Gasteiger partial charge >= 0.3 is 10.4 Å². The van der Waals surface area contributed by atoms with E-state index in [9.17, 15) is 8.42 Å². The number of aliphatic hydroxyl groups excluding tert-OH is 2. The first-order valence-corrected chi connectivity index (χ1v) is 9.67. The fraction of sp³-hybridized carbons (Fsp3) is 1.00. The summed E-state index contributed by atoms with van der Waals surface area (Å²) in [5.41, 5.74) is 0.